The van der Waals surface area contributed by atoms with Gasteiger partial charge < -0.3 is 15.2 Å². The highest BCUT2D eigenvalue weighted by atomic mass is 16.5. The van der Waals surface area contributed by atoms with Gasteiger partial charge in [-0.25, -0.2) is 4.98 Å². The van der Waals surface area contributed by atoms with E-state index >= 15 is 0 Å². The molecule has 0 saturated heterocycles. The van der Waals surface area contributed by atoms with E-state index in [0.29, 0.717) is 24.1 Å². The molecule has 0 saturated carbocycles. The molecule has 4 rings (SSSR count). The summed E-state index contributed by atoms with van der Waals surface area (Å²) < 4.78 is 5.11. The first kappa shape index (κ1) is 16.7. The fourth-order valence-corrected chi connectivity index (χ4v) is 2.58. The summed E-state index contributed by atoms with van der Waals surface area (Å²) in [6.07, 6.45) is 1.76. The maximum Gasteiger partial charge on any atom is 0.225 e. The van der Waals surface area contributed by atoms with Crippen LogP contribution in [0.5, 0.6) is 0 Å². The van der Waals surface area contributed by atoms with Crippen molar-refractivity contribution in [1.82, 2.24) is 20.1 Å². The van der Waals surface area contributed by atoms with Crippen molar-refractivity contribution in [2.24, 2.45) is 0 Å². The molecule has 0 unspecified atom stereocenters. The van der Waals surface area contributed by atoms with Crippen LogP contribution in [0, 0.1) is 6.92 Å². The van der Waals surface area contributed by atoms with E-state index in [2.05, 4.69) is 30.7 Å². The molecule has 3 aromatic heterocycles. The van der Waals surface area contributed by atoms with E-state index < -0.39 is 0 Å². The second kappa shape index (κ2) is 7.65. The van der Waals surface area contributed by atoms with Gasteiger partial charge in [0.05, 0.1) is 17.9 Å². The fraction of sp³-hybridized carbons (Fsp3) is 0.100. The molecule has 0 aliphatic rings. The molecule has 7 nitrogen and oxygen atoms in total. The number of rotatable bonds is 6. The molecule has 134 valence electrons. The number of hydrogen-bond acceptors (Lipinski definition) is 7. The third kappa shape index (κ3) is 4.27. The zero-order valence-electron chi connectivity index (χ0n) is 14.8. The fourth-order valence-electron chi connectivity index (χ4n) is 2.58. The van der Waals surface area contributed by atoms with Crippen LogP contribution in [-0.4, -0.2) is 20.1 Å². The second-order valence-electron chi connectivity index (χ2n) is 5.95. The Morgan fingerprint density at radius 1 is 0.926 bits per heavy atom. The Bertz CT molecular complexity index is 1020. The van der Waals surface area contributed by atoms with Crippen LogP contribution in [0.15, 0.2) is 71.4 Å². The molecule has 0 atom stereocenters. The SMILES string of the molecule is Cc1cc(Nc2cc(-c3ccccc3)nc(NCc3ccccn3)n2)no1. The van der Waals surface area contributed by atoms with E-state index in [-0.39, 0.29) is 0 Å². The van der Waals surface area contributed by atoms with Crippen molar-refractivity contribution < 1.29 is 4.52 Å². The van der Waals surface area contributed by atoms with Crippen LogP contribution in [0.4, 0.5) is 17.6 Å². The van der Waals surface area contributed by atoms with Crippen molar-refractivity contribution in [1.29, 1.82) is 0 Å². The highest BCUT2D eigenvalue weighted by Crippen LogP contribution is 2.23. The standard InChI is InChI=1S/C20H18N6O/c1-14-11-19(26-27-14)24-18-12-17(15-7-3-2-4-8-15)23-20(25-18)22-13-16-9-5-6-10-21-16/h2-12H,13H2,1H3,(H2,22,23,24,25,26). The summed E-state index contributed by atoms with van der Waals surface area (Å²) in [4.78, 5) is 13.5. The first-order valence-corrected chi connectivity index (χ1v) is 8.55. The quantitative estimate of drug-likeness (QED) is 0.534. The van der Waals surface area contributed by atoms with Gasteiger partial charge in [-0.15, -0.1) is 0 Å². The number of nitrogens with one attached hydrogen (secondary N) is 2. The Morgan fingerprint density at radius 3 is 2.52 bits per heavy atom. The number of aryl methyl sites for hydroxylation is 1. The van der Waals surface area contributed by atoms with Crippen LogP contribution in [0.2, 0.25) is 0 Å². The second-order valence-corrected chi connectivity index (χ2v) is 5.95. The molecule has 4 aromatic rings. The molecule has 0 aliphatic carbocycles. The maximum atomic E-state index is 5.11. The summed E-state index contributed by atoms with van der Waals surface area (Å²) in [7, 11) is 0. The van der Waals surface area contributed by atoms with E-state index in [1.54, 1.807) is 6.20 Å². The smallest absolute Gasteiger partial charge is 0.225 e. The molecule has 27 heavy (non-hydrogen) atoms. The maximum absolute atomic E-state index is 5.11. The van der Waals surface area contributed by atoms with Gasteiger partial charge in [0.2, 0.25) is 5.95 Å². The predicted molar refractivity (Wildman–Crippen MR) is 104 cm³/mol. The lowest BCUT2D eigenvalue weighted by Gasteiger charge is -2.10. The van der Waals surface area contributed by atoms with Gasteiger partial charge in [0.1, 0.15) is 11.6 Å². The zero-order valence-corrected chi connectivity index (χ0v) is 14.8. The number of hydrogen-bond donors (Lipinski definition) is 2. The average Bonchev–Trinajstić information content (AvgIpc) is 3.12. The highest BCUT2D eigenvalue weighted by molar-refractivity contribution is 5.66. The molecule has 3 heterocycles. The molecular weight excluding hydrogens is 340 g/mol. The molecule has 0 amide bonds. The van der Waals surface area contributed by atoms with Crippen LogP contribution >= 0.6 is 0 Å². The lowest BCUT2D eigenvalue weighted by Crippen LogP contribution is -2.07. The Labute approximate surface area is 156 Å². The van der Waals surface area contributed by atoms with Crippen LogP contribution < -0.4 is 10.6 Å². The first-order valence-electron chi connectivity index (χ1n) is 8.55. The molecular formula is C20H18N6O. The van der Waals surface area contributed by atoms with Crippen molar-refractivity contribution in [3.05, 3.63) is 78.3 Å². The van der Waals surface area contributed by atoms with E-state index in [0.717, 1.165) is 22.7 Å². The summed E-state index contributed by atoms with van der Waals surface area (Å²) in [5, 5.41) is 10.4. The molecule has 2 N–H and O–H groups in total. The van der Waals surface area contributed by atoms with Gasteiger partial charge in [-0.1, -0.05) is 41.6 Å². The van der Waals surface area contributed by atoms with Crippen LogP contribution in [0.25, 0.3) is 11.3 Å². The van der Waals surface area contributed by atoms with Crippen molar-refractivity contribution in [2.45, 2.75) is 13.5 Å². The van der Waals surface area contributed by atoms with Gasteiger partial charge >= 0.3 is 0 Å². The minimum atomic E-state index is 0.504. The molecule has 0 bridgehead atoms. The third-order valence-electron chi connectivity index (χ3n) is 3.83. The number of aromatic nitrogens is 4. The summed E-state index contributed by atoms with van der Waals surface area (Å²) in [5.74, 6) is 2.45. The van der Waals surface area contributed by atoms with Gasteiger partial charge in [-0.2, -0.15) is 4.98 Å². The molecule has 0 aliphatic heterocycles. The van der Waals surface area contributed by atoms with Crippen LogP contribution in [0.1, 0.15) is 11.5 Å². The number of pyridine rings is 1. The first-order chi connectivity index (χ1) is 13.3. The molecule has 0 spiro atoms. The normalized spacial score (nSPS) is 10.6. The molecule has 1 aromatic carbocycles. The lowest BCUT2D eigenvalue weighted by molar-refractivity contribution is 0.400. The number of anilines is 3. The Kier molecular flexibility index (Phi) is 4.74. The lowest BCUT2D eigenvalue weighted by atomic mass is 10.1. The minimum absolute atomic E-state index is 0.504. The van der Waals surface area contributed by atoms with Crippen molar-refractivity contribution in [3.8, 4) is 11.3 Å². The van der Waals surface area contributed by atoms with E-state index in [9.17, 15) is 0 Å². The van der Waals surface area contributed by atoms with Crippen molar-refractivity contribution in [3.63, 3.8) is 0 Å². The number of nitrogens with zero attached hydrogens (tertiary/aromatic N) is 4. The summed E-state index contributed by atoms with van der Waals surface area (Å²) in [6, 6.07) is 19.4. The molecule has 7 heteroatoms. The van der Waals surface area contributed by atoms with Crippen LogP contribution in [0.3, 0.4) is 0 Å². The highest BCUT2D eigenvalue weighted by Gasteiger charge is 2.09. The van der Waals surface area contributed by atoms with Gasteiger partial charge in [-0.3, -0.25) is 4.98 Å². The summed E-state index contributed by atoms with van der Waals surface area (Å²) in [5.41, 5.74) is 2.71. The summed E-state index contributed by atoms with van der Waals surface area (Å²) >= 11 is 0. The zero-order chi connectivity index (χ0) is 18.5. The molecule has 0 fully saturated rings. The topological polar surface area (TPSA) is 88.8 Å². The molecule has 0 radical (unpaired) electrons. The van der Waals surface area contributed by atoms with Crippen molar-refractivity contribution in [2.75, 3.05) is 10.6 Å². The van der Waals surface area contributed by atoms with E-state index in [1.165, 1.54) is 0 Å². The monoisotopic (exact) mass is 358 g/mol. The predicted octanol–water partition coefficient (Wildman–Crippen LogP) is 4.19. The van der Waals surface area contributed by atoms with Crippen LogP contribution in [-0.2, 0) is 6.54 Å². The minimum Gasteiger partial charge on any atom is -0.360 e. The third-order valence-corrected chi connectivity index (χ3v) is 3.83. The van der Waals surface area contributed by atoms with Crippen molar-refractivity contribution >= 4 is 17.6 Å². The summed E-state index contributed by atoms with van der Waals surface area (Å²) in [6.45, 7) is 2.37. The Balaban J connectivity index is 1.63. The van der Waals surface area contributed by atoms with E-state index in [1.807, 2.05) is 67.6 Å². The van der Waals surface area contributed by atoms with Gasteiger partial charge in [-0.05, 0) is 19.1 Å². The Hall–Kier alpha value is -3.74. The van der Waals surface area contributed by atoms with Gasteiger partial charge in [0.15, 0.2) is 5.82 Å². The largest absolute Gasteiger partial charge is 0.360 e. The van der Waals surface area contributed by atoms with Gasteiger partial charge in [0, 0.05) is 23.9 Å². The average molecular weight is 358 g/mol. The number of benzene rings is 1. The van der Waals surface area contributed by atoms with E-state index in [4.69, 9.17) is 4.52 Å². The Morgan fingerprint density at radius 2 is 1.78 bits per heavy atom. The van der Waals surface area contributed by atoms with Gasteiger partial charge in [0.25, 0.3) is 0 Å².